The number of hydrogen-bond acceptors (Lipinski definition) is 2. The second-order valence-electron chi connectivity index (χ2n) is 3.72. The standard InChI is InChI=1S/C10H18F3NO2/c1-4-8(3)6-14(5-2)9(15)16-7-10(11,12)13/h8H,4-7H2,1-3H3. The third kappa shape index (κ3) is 6.53. The van der Waals surface area contributed by atoms with Crippen molar-refractivity contribution >= 4 is 6.09 Å². The molecule has 0 rings (SSSR count). The number of alkyl halides is 3. The Morgan fingerprint density at radius 1 is 1.38 bits per heavy atom. The molecule has 0 spiro atoms. The van der Waals surface area contributed by atoms with Gasteiger partial charge in [0, 0.05) is 13.1 Å². The summed E-state index contributed by atoms with van der Waals surface area (Å²) in [4.78, 5) is 12.6. The first kappa shape index (κ1) is 15.1. The van der Waals surface area contributed by atoms with Gasteiger partial charge in [-0.1, -0.05) is 20.3 Å². The average molecular weight is 241 g/mol. The van der Waals surface area contributed by atoms with Crippen molar-refractivity contribution in [2.45, 2.75) is 33.4 Å². The monoisotopic (exact) mass is 241 g/mol. The summed E-state index contributed by atoms with van der Waals surface area (Å²) >= 11 is 0. The highest BCUT2D eigenvalue weighted by Crippen LogP contribution is 2.15. The van der Waals surface area contributed by atoms with E-state index in [1.165, 1.54) is 4.90 Å². The van der Waals surface area contributed by atoms with E-state index in [2.05, 4.69) is 4.74 Å². The normalized spacial score (nSPS) is 13.4. The van der Waals surface area contributed by atoms with Crippen LogP contribution in [0.5, 0.6) is 0 Å². The lowest BCUT2D eigenvalue weighted by Gasteiger charge is -2.23. The largest absolute Gasteiger partial charge is 0.440 e. The minimum absolute atomic E-state index is 0.249. The van der Waals surface area contributed by atoms with Gasteiger partial charge in [-0.05, 0) is 12.8 Å². The molecule has 0 heterocycles. The van der Waals surface area contributed by atoms with Gasteiger partial charge < -0.3 is 9.64 Å². The van der Waals surface area contributed by atoms with Crippen LogP contribution in [0, 0.1) is 5.92 Å². The van der Waals surface area contributed by atoms with Crippen molar-refractivity contribution in [3.05, 3.63) is 0 Å². The molecule has 3 nitrogen and oxygen atoms in total. The van der Waals surface area contributed by atoms with E-state index in [9.17, 15) is 18.0 Å². The van der Waals surface area contributed by atoms with Crippen molar-refractivity contribution in [1.82, 2.24) is 4.90 Å². The highest BCUT2D eigenvalue weighted by molar-refractivity contribution is 5.67. The van der Waals surface area contributed by atoms with Crippen LogP contribution in [0.4, 0.5) is 18.0 Å². The van der Waals surface area contributed by atoms with E-state index < -0.39 is 18.9 Å². The summed E-state index contributed by atoms with van der Waals surface area (Å²) in [5, 5.41) is 0. The van der Waals surface area contributed by atoms with Gasteiger partial charge in [0.2, 0.25) is 0 Å². The number of carbonyl (C=O) groups is 1. The Hall–Kier alpha value is -0.940. The van der Waals surface area contributed by atoms with Crippen LogP contribution in [0.3, 0.4) is 0 Å². The van der Waals surface area contributed by atoms with Gasteiger partial charge in [-0.25, -0.2) is 4.79 Å². The summed E-state index contributed by atoms with van der Waals surface area (Å²) in [6.07, 6.45) is -4.51. The predicted octanol–water partition coefficient (Wildman–Crippen LogP) is 3.05. The smallest absolute Gasteiger partial charge is 0.422 e. The first-order valence-electron chi connectivity index (χ1n) is 5.28. The molecule has 1 atom stereocenters. The fraction of sp³-hybridized carbons (Fsp3) is 0.900. The van der Waals surface area contributed by atoms with Crippen molar-refractivity contribution in [2.75, 3.05) is 19.7 Å². The minimum Gasteiger partial charge on any atom is -0.440 e. The van der Waals surface area contributed by atoms with E-state index in [1.54, 1.807) is 6.92 Å². The number of ether oxygens (including phenoxy) is 1. The van der Waals surface area contributed by atoms with Crippen molar-refractivity contribution in [3.8, 4) is 0 Å². The summed E-state index contributed by atoms with van der Waals surface area (Å²) in [5.74, 6) is 0.249. The van der Waals surface area contributed by atoms with E-state index in [0.29, 0.717) is 13.1 Å². The molecule has 0 radical (unpaired) electrons. The van der Waals surface area contributed by atoms with Gasteiger partial charge in [0.25, 0.3) is 0 Å². The van der Waals surface area contributed by atoms with Gasteiger partial charge in [-0.3, -0.25) is 0 Å². The van der Waals surface area contributed by atoms with Crippen molar-refractivity contribution < 1.29 is 22.7 Å². The highest BCUT2D eigenvalue weighted by atomic mass is 19.4. The zero-order valence-corrected chi connectivity index (χ0v) is 9.80. The van der Waals surface area contributed by atoms with E-state index >= 15 is 0 Å². The SMILES string of the molecule is CCC(C)CN(CC)C(=O)OCC(F)(F)F. The first-order valence-corrected chi connectivity index (χ1v) is 5.28. The summed E-state index contributed by atoms with van der Waals surface area (Å²) in [5.41, 5.74) is 0. The number of hydrogen-bond donors (Lipinski definition) is 0. The molecular weight excluding hydrogens is 223 g/mol. The molecule has 6 heteroatoms. The van der Waals surface area contributed by atoms with Gasteiger partial charge >= 0.3 is 12.3 Å². The molecule has 1 unspecified atom stereocenters. The lowest BCUT2D eigenvalue weighted by molar-refractivity contribution is -0.162. The summed E-state index contributed by atoms with van der Waals surface area (Å²) in [7, 11) is 0. The lowest BCUT2D eigenvalue weighted by atomic mass is 10.1. The maximum Gasteiger partial charge on any atom is 0.422 e. The first-order chi connectivity index (χ1) is 7.30. The van der Waals surface area contributed by atoms with Crippen molar-refractivity contribution in [2.24, 2.45) is 5.92 Å². The Morgan fingerprint density at radius 3 is 2.31 bits per heavy atom. The molecule has 0 aromatic rings. The van der Waals surface area contributed by atoms with Crippen LogP contribution in [-0.2, 0) is 4.74 Å². The Morgan fingerprint density at radius 2 is 1.94 bits per heavy atom. The molecule has 0 saturated carbocycles. The van der Waals surface area contributed by atoms with Crippen LogP contribution >= 0.6 is 0 Å². The fourth-order valence-corrected chi connectivity index (χ4v) is 1.07. The molecule has 96 valence electrons. The summed E-state index contributed by atoms with van der Waals surface area (Å²) < 4.78 is 39.6. The number of carbonyl (C=O) groups excluding carboxylic acids is 1. The Bertz CT molecular complexity index is 219. The highest BCUT2D eigenvalue weighted by Gasteiger charge is 2.30. The molecule has 0 aromatic carbocycles. The molecule has 0 aliphatic rings. The van der Waals surface area contributed by atoms with Crippen LogP contribution in [0.2, 0.25) is 0 Å². The van der Waals surface area contributed by atoms with E-state index in [-0.39, 0.29) is 5.92 Å². The second kappa shape index (κ2) is 6.60. The van der Waals surface area contributed by atoms with Gasteiger partial charge in [0.15, 0.2) is 6.61 Å². The fourth-order valence-electron chi connectivity index (χ4n) is 1.07. The topological polar surface area (TPSA) is 29.5 Å². The van der Waals surface area contributed by atoms with E-state index in [4.69, 9.17) is 0 Å². The van der Waals surface area contributed by atoms with Crippen molar-refractivity contribution in [1.29, 1.82) is 0 Å². The van der Waals surface area contributed by atoms with Crippen LogP contribution in [0.25, 0.3) is 0 Å². The number of halogens is 3. The lowest BCUT2D eigenvalue weighted by Crippen LogP contribution is -2.36. The zero-order chi connectivity index (χ0) is 12.8. The van der Waals surface area contributed by atoms with Gasteiger partial charge in [0.05, 0.1) is 0 Å². The maximum absolute atomic E-state index is 11.8. The van der Waals surface area contributed by atoms with Gasteiger partial charge in [0.1, 0.15) is 0 Å². The molecule has 0 bridgehead atoms. The minimum atomic E-state index is -4.47. The Balaban J connectivity index is 4.11. The molecular formula is C10H18F3NO2. The van der Waals surface area contributed by atoms with E-state index in [0.717, 1.165) is 6.42 Å². The average Bonchev–Trinajstić information content (AvgIpc) is 2.21. The summed E-state index contributed by atoms with van der Waals surface area (Å²) in [6, 6.07) is 0. The van der Waals surface area contributed by atoms with Gasteiger partial charge in [-0.2, -0.15) is 13.2 Å². The molecule has 16 heavy (non-hydrogen) atoms. The Labute approximate surface area is 93.6 Å². The van der Waals surface area contributed by atoms with Crippen LogP contribution in [0.15, 0.2) is 0 Å². The number of nitrogens with zero attached hydrogens (tertiary/aromatic N) is 1. The van der Waals surface area contributed by atoms with Gasteiger partial charge in [-0.15, -0.1) is 0 Å². The third-order valence-electron chi connectivity index (χ3n) is 2.23. The molecule has 0 aliphatic heterocycles. The van der Waals surface area contributed by atoms with Crippen LogP contribution in [-0.4, -0.2) is 36.9 Å². The van der Waals surface area contributed by atoms with E-state index in [1.807, 2.05) is 13.8 Å². The third-order valence-corrected chi connectivity index (χ3v) is 2.23. The number of rotatable bonds is 5. The quantitative estimate of drug-likeness (QED) is 0.740. The molecule has 0 N–H and O–H groups in total. The van der Waals surface area contributed by atoms with Crippen molar-refractivity contribution in [3.63, 3.8) is 0 Å². The zero-order valence-electron chi connectivity index (χ0n) is 9.80. The second-order valence-corrected chi connectivity index (χ2v) is 3.72. The predicted molar refractivity (Wildman–Crippen MR) is 54.1 cm³/mol. The Kier molecular flexibility index (Phi) is 6.21. The molecule has 0 fully saturated rings. The summed E-state index contributed by atoms with van der Waals surface area (Å²) in [6.45, 7) is 4.84. The number of amides is 1. The van der Waals surface area contributed by atoms with Crippen LogP contribution in [0.1, 0.15) is 27.2 Å². The molecule has 0 aromatic heterocycles. The molecule has 0 saturated heterocycles. The maximum atomic E-state index is 11.8. The van der Waals surface area contributed by atoms with Crippen LogP contribution < -0.4 is 0 Å². The molecule has 0 aliphatic carbocycles. The molecule has 1 amide bonds.